The molecule has 0 unspecified atom stereocenters. The van der Waals surface area contributed by atoms with Gasteiger partial charge in [-0.3, -0.25) is 14.4 Å². The second-order valence-electron chi connectivity index (χ2n) is 9.31. The zero-order valence-corrected chi connectivity index (χ0v) is 22.1. The van der Waals surface area contributed by atoms with E-state index in [4.69, 9.17) is 9.47 Å². The van der Waals surface area contributed by atoms with Gasteiger partial charge in [-0.25, -0.2) is 0 Å². The molecule has 0 N–H and O–H groups in total. The minimum atomic E-state index is -0.199. The second-order valence-corrected chi connectivity index (χ2v) is 9.31. The van der Waals surface area contributed by atoms with Crippen molar-refractivity contribution >= 4 is 17.3 Å². The van der Waals surface area contributed by atoms with Crippen LogP contribution in [0, 0.1) is 6.92 Å². The lowest BCUT2D eigenvalue weighted by molar-refractivity contribution is 0.102. The molecule has 0 saturated carbocycles. The van der Waals surface area contributed by atoms with Crippen LogP contribution in [-0.4, -0.2) is 24.5 Å². The number of rotatable bonds is 9. The van der Waals surface area contributed by atoms with E-state index in [1.54, 1.807) is 104 Å². The summed E-state index contributed by atoms with van der Waals surface area (Å²) in [5, 5.41) is 0. The first-order chi connectivity index (χ1) is 19.4. The van der Waals surface area contributed by atoms with E-state index in [-0.39, 0.29) is 17.3 Å². The number of hydrogen-bond donors (Lipinski definition) is 0. The molecule has 0 spiro atoms. The van der Waals surface area contributed by atoms with Gasteiger partial charge in [-0.15, -0.1) is 0 Å². The summed E-state index contributed by atoms with van der Waals surface area (Å²) in [5.74, 6) is 1.37. The Balaban J connectivity index is 1.25. The molecule has 0 bridgehead atoms. The molecule has 0 heterocycles. The SMILES string of the molecule is COc1ccc(C(=O)c2cccc(C(=O)c3ccc(Oc4ccc(C(=O)c5ccc(C)cc5)cc4)cc3)c2)cc1. The van der Waals surface area contributed by atoms with E-state index in [1.807, 2.05) is 31.2 Å². The summed E-state index contributed by atoms with van der Waals surface area (Å²) in [7, 11) is 1.57. The number of aryl methyl sites for hydroxylation is 1. The van der Waals surface area contributed by atoms with Crippen LogP contribution in [-0.2, 0) is 0 Å². The largest absolute Gasteiger partial charge is 0.497 e. The van der Waals surface area contributed by atoms with Crippen molar-refractivity contribution in [2.75, 3.05) is 7.11 Å². The summed E-state index contributed by atoms with van der Waals surface area (Å²) in [6.07, 6.45) is 0. The van der Waals surface area contributed by atoms with Crippen LogP contribution in [0.4, 0.5) is 0 Å². The van der Waals surface area contributed by atoms with Crippen molar-refractivity contribution in [1.82, 2.24) is 0 Å². The highest BCUT2D eigenvalue weighted by atomic mass is 16.5. The van der Waals surface area contributed by atoms with Crippen LogP contribution in [0.3, 0.4) is 0 Å². The molecule has 0 fully saturated rings. The Morgan fingerprint density at radius 2 is 0.800 bits per heavy atom. The van der Waals surface area contributed by atoms with Gasteiger partial charge in [0.25, 0.3) is 0 Å². The third kappa shape index (κ3) is 5.89. The highest BCUT2D eigenvalue weighted by Crippen LogP contribution is 2.24. The van der Waals surface area contributed by atoms with E-state index in [0.29, 0.717) is 50.6 Å². The van der Waals surface area contributed by atoms with Gasteiger partial charge < -0.3 is 9.47 Å². The van der Waals surface area contributed by atoms with Crippen LogP contribution in [0.2, 0.25) is 0 Å². The number of carbonyl (C=O) groups is 3. The first-order valence-electron chi connectivity index (χ1n) is 12.7. The molecule has 0 aromatic heterocycles. The zero-order chi connectivity index (χ0) is 28.1. The fraction of sp³-hybridized carbons (Fsp3) is 0.0571. The van der Waals surface area contributed by atoms with E-state index in [2.05, 4.69) is 0 Å². The summed E-state index contributed by atoms with van der Waals surface area (Å²) in [4.78, 5) is 38.8. The molecule has 0 amide bonds. The minimum absolute atomic E-state index is 0.0517. The molecule has 0 aliphatic heterocycles. The van der Waals surface area contributed by atoms with Gasteiger partial charge in [0.15, 0.2) is 17.3 Å². The number of hydrogen-bond acceptors (Lipinski definition) is 5. The third-order valence-electron chi connectivity index (χ3n) is 6.52. The average molecular weight is 527 g/mol. The molecule has 0 aliphatic rings. The molecule has 40 heavy (non-hydrogen) atoms. The van der Waals surface area contributed by atoms with E-state index in [0.717, 1.165) is 5.56 Å². The molecule has 5 rings (SSSR count). The highest BCUT2D eigenvalue weighted by molar-refractivity contribution is 6.13. The Hall–Kier alpha value is -5.29. The lowest BCUT2D eigenvalue weighted by atomic mass is 9.97. The molecule has 5 nitrogen and oxygen atoms in total. The van der Waals surface area contributed by atoms with Crippen molar-refractivity contribution in [3.05, 3.63) is 160 Å². The number of methoxy groups -OCH3 is 1. The molecule has 5 aromatic rings. The van der Waals surface area contributed by atoms with Crippen LogP contribution in [0.15, 0.2) is 121 Å². The average Bonchev–Trinajstić information content (AvgIpc) is 3.01. The Morgan fingerprint density at radius 3 is 1.20 bits per heavy atom. The molecular weight excluding hydrogens is 500 g/mol. The zero-order valence-electron chi connectivity index (χ0n) is 22.1. The van der Waals surface area contributed by atoms with E-state index in [1.165, 1.54) is 0 Å². The summed E-state index contributed by atoms with van der Waals surface area (Å²) in [6, 6.07) is 34.8. The van der Waals surface area contributed by atoms with Crippen molar-refractivity contribution in [3.8, 4) is 17.2 Å². The first kappa shape index (κ1) is 26.3. The topological polar surface area (TPSA) is 69.7 Å². The summed E-state index contributed by atoms with van der Waals surface area (Å²) in [6.45, 7) is 1.98. The third-order valence-corrected chi connectivity index (χ3v) is 6.52. The molecule has 0 radical (unpaired) electrons. The monoisotopic (exact) mass is 526 g/mol. The van der Waals surface area contributed by atoms with E-state index in [9.17, 15) is 14.4 Å². The van der Waals surface area contributed by atoms with Gasteiger partial charge in [0.2, 0.25) is 0 Å². The Morgan fingerprint density at radius 1 is 0.450 bits per heavy atom. The van der Waals surface area contributed by atoms with Crippen LogP contribution < -0.4 is 9.47 Å². The normalized spacial score (nSPS) is 10.6. The van der Waals surface area contributed by atoms with Crippen LogP contribution >= 0.6 is 0 Å². The van der Waals surface area contributed by atoms with Gasteiger partial charge in [0.1, 0.15) is 17.2 Å². The predicted molar refractivity (Wildman–Crippen MR) is 154 cm³/mol. The summed E-state index contributed by atoms with van der Waals surface area (Å²) in [5.41, 5.74) is 4.14. The first-order valence-corrected chi connectivity index (χ1v) is 12.7. The molecule has 0 atom stereocenters. The fourth-order valence-electron chi connectivity index (χ4n) is 4.23. The smallest absolute Gasteiger partial charge is 0.193 e. The molecule has 5 heteroatoms. The van der Waals surface area contributed by atoms with Gasteiger partial charge in [0, 0.05) is 33.4 Å². The molecule has 0 aliphatic carbocycles. The van der Waals surface area contributed by atoms with Crippen LogP contribution in [0.1, 0.15) is 53.3 Å². The van der Waals surface area contributed by atoms with Crippen molar-refractivity contribution in [2.24, 2.45) is 0 Å². The van der Waals surface area contributed by atoms with Crippen LogP contribution in [0.25, 0.3) is 0 Å². The number of benzene rings is 5. The lowest BCUT2D eigenvalue weighted by Gasteiger charge is -2.09. The van der Waals surface area contributed by atoms with Crippen molar-refractivity contribution in [1.29, 1.82) is 0 Å². The summed E-state index contributed by atoms with van der Waals surface area (Å²) < 4.78 is 11.1. The molecule has 0 saturated heterocycles. The van der Waals surface area contributed by atoms with Gasteiger partial charge in [-0.05, 0) is 85.8 Å². The maximum absolute atomic E-state index is 13.1. The maximum atomic E-state index is 13.1. The number of ketones is 3. The van der Waals surface area contributed by atoms with Gasteiger partial charge in [-0.1, -0.05) is 48.0 Å². The Kier molecular flexibility index (Phi) is 7.65. The van der Waals surface area contributed by atoms with Gasteiger partial charge in [-0.2, -0.15) is 0 Å². The number of carbonyl (C=O) groups excluding carboxylic acids is 3. The van der Waals surface area contributed by atoms with Crippen molar-refractivity contribution in [3.63, 3.8) is 0 Å². The van der Waals surface area contributed by atoms with Crippen molar-refractivity contribution in [2.45, 2.75) is 6.92 Å². The number of ether oxygens (including phenoxy) is 2. The molecule has 5 aromatic carbocycles. The van der Waals surface area contributed by atoms with Gasteiger partial charge in [0.05, 0.1) is 7.11 Å². The quantitative estimate of drug-likeness (QED) is 0.186. The Bertz CT molecular complexity index is 1660. The predicted octanol–water partition coefficient (Wildman–Crippen LogP) is 7.49. The maximum Gasteiger partial charge on any atom is 0.193 e. The summed E-state index contributed by atoms with van der Waals surface area (Å²) >= 11 is 0. The van der Waals surface area contributed by atoms with Crippen LogP contribution in [0.5, 0.6) is 17.2 Å². The molecular formula is C35H26O5. The lowest BCUT2D eigenvalue weighted by Crippen LogP contribution is -2.06. The van der Waals surface area contributed by atoms with E-state index < -0.39 is 0 Å². The Labute approximate surface area is 232 Å². The van der Waals surface area contributed by atoms with Crippen molar-refractivity contribution < 1.29 is 23.9 Å². The fourth-order valence-corrected chi connectivity index (χ4v) is 4.23. The highest BCUT2D eigenvalue weighted by Gasteiger charge is 2.15. The van der Waals surface area contributed by atoms with Gasteiger partial charge >= 0.3 is 0 Å². The van der Waals surface area contributed by atoms with E-state index >= 15 is 0 Å². The standard InChI is InChI=1S/C35H26O5/c1-23-6-8-24(9-7-23)33(36)25-12-18-31(19-13-25)40-32-20-14-27(15-21-32)35(38)29-5-3-4-28(22-29)34(37)26-10-16-30(39-2)17-11-26/h3-22H,1-2H3. The minimum Gasteiger partial charge on any atom is -0.497 e. The molecule has 196 valence electrons. The second kappa shape index (κ2) is 11.6.